The van der Waals surface area contributed by atoms with Crippen LogP contribution in [0.25, 0.3) is 0 Å². The Bertz CT molecular complexity index is 349. The fourth-order valence-corrected chi connectivity index (χ4v) is 3.67. The van der Waals surface area contributed by atoms with E-state index in [4.69, 9.17) is 4.74 Å². The first kappa shape index (κ1) is 28.4. The lowest BCUT2D eigenvalue weighted by Crippen LogP contribution is -2.29. The van der Waals surface area contributed by atoms with Crippen molar-refractivity contribution in [3.05, 3.63) is 0 Å². The number of ether oxygens (including phenoxy) is 1. The molecule has 0 aliphatic carbocycles. The maximum atomic E-state index is 11.8. The molecule has 0 bridgehead atoms. The molecule has 0 spiro atoms. The molecule has 4 nitrogen and oxygen atoms in total. The minimum Gasteiger partial charge on any atom is -0.465 e. The highest BCUT2D eigenvalue weighted by Crippen LogP contribution is 2.11. The smallest absolute Gasteiger partial charge is 0.305 e. The van der Waals surface area contributed by atoms with Gasteiger partial charge in [-0.3, -0.25) is 4.79 Å². The van der Waals surface area contributed by atoms with Gasteiger partial charge in [-0.25, -0.2) is 0 Å². The molecule has 0 saturated heterocycles. The van der Waals surface area contributed by atoms with Gasteiger partial charge in [0.05, 0.1) is 13.2 Å². The van der Waals surface area contributed by atoms with Gasteiger partial charge in [0.1, 0.15) is 0 Å². The molecule has 0 aliphatic rings. The van der Waals surface area contributed by atoms with Crippen molar-refractivity contribution in [3.8, 4) is 0 Å². The Kier molecular flexibility index (Phi) is 21.6. The van der Waals surface area contributed by atoms with Crippen molar-refractivity contribution >= 4 is 5.97 Å². The molecule has 0 aliphatic heterocycles. The molecule has 174 valence electrons. The van der Waals surface area contributed by atoms with E-state index in [1.54, 1.807) is 0 Å². The topological polar surface area (TPSA) is 49.8 Å². The van der Waals surface area contributed by atoms with Gasteiger partial charge in [-0.2, -0.15) is 0 Å². The van der Waals surface area contributed by atoms with E-state index in [2.05, 4.69) is 25.7 Å². The molecule has 0 aromatic rings. The summed E-state index contributed by atoms with van der Waals surface area (Å²) < 4.78 is 5.39. The van der Waals surface area contributed by atoms with E-state index in [9.17, 15) is 9.90 Å². The van der Waals surface area contributed by atoms with Crippen LogP contribution in [-0.4, -0.2) is 48.8 Å². The molecule has 4 heteroatoms. The first-order valence-electron chi connectivity index (χ1n) is 12.6. The quantitative estimate of drug-likeness (QED) is 0.166. The third-order valence-electron chi connectivity index (χ3n) is 5.68. The van der Waals surface area contributed by atoms with Crippen LogP contribution in [0.15, 0.2) is 0 Å². The summed E-state index contributed by atoms with van der Waals surface area (Å²) >= 11 is 0. The van der Waals surface area contributed by atoms with E-state index in [1.807, 2.05) is 0 Å². The summed E-state index contributed by atoms with van der Waals surface area (Å²) in [6, 6.07) is 0. The first-order valence-corrected chi connectivity index (χ1v) is 12.6. The molecule has 1 atom stereocenters. The highest BCUT2D eigenvalue weighted by molar-refractivity contribution is 5.69. The minimum absolute atomic E-state index is 0.0265. The number of hydrogen-bond acceptors (Lipinski definition) is 4. The molecular weight excluding hydrogens is 362 g/mol. The van der Waals surface area contributed by atoms with Crippen molar-refractivity contribution in [1.82, 2.24) is 4.90 Å². The number of rotatable bonds is 22. The lowest BCUT2D eigenvalue weighted by Gasteiger charge is -2.21. The molecule has 0 aromatic carbocycles. The van der Waals surface area contributed by atoms with Crippen LogP contribution in [-0.2, 0) is 9.53 Å². The van der Waals surface area contributed by atoms with E-state index in [-0.39, 0.29) is 12.6 Å². The zero-order valence-corrected chi connectivity index (χ0v) is 19.9. The molecule has 1 N–H and O–H groups in total. The number of carbonyl (C=O) groups excluding carboxylic acids is 1. The predicted molar refractivity (Wildman–Crippen MR) is 124 cm³/mol. The Labute approximate surface area is 181 Å². The number of aliphatic hydroxyl groups is 1. The minimum atomic E-state index is -0.0265. The summed E-state index contributed by atoms with van der Waals surface area (Å²) in [6.07, 6.45) is 17.7. The van der Waals surface area contributed by atoms with Gasteiger partial charge in [0.15, 0.2) is 0 Å². The lowest BCUT2D eigenvalue weighted by atomic mass is 10.1. The highest BCUT2D eigenvalue weighted by Gasteiger charge is 2.07. The fraction of sp³-hybridized carbons (Fsp3) is 0.960. The molecule has 0 radical (unpaired) electrons. The van der Waals surface area contributed by atoms with E-state index in [0.717, 1.165) is 38.9 Å². The molecule has 0 fully saturated rings. The van der Waals surface area contributed by atoms with Crippen LogP contribution in [0.2, 0.25) is 0 Å². The molecule has 0 saturated carbocycles. The van der Waals surface area contributed by atoms with Crippen LogP contribution in [0.3, 0.4) is 0 Å². The Hall–Kier alpha value is -0.610. The van der Waals surface area contributed by atoms with Gasteiger partial charge in [0.2, 0.25) is 0 Å². The Balaban J connectivity index is 3.57. The second-order valence-corrected chi connectivity index (χ2v) is 8.78. The second kappa shape index (κ2) is 22.1. The summed E-state index contributed by atoms with van der Waals surface area (Å²) in [5.41, 5.74) is 0. The predicted octanol–water partition coefficient (Wildman–Crippen LogP) is 6.35. The van der Waals surface area contributed by atoms with Crippen molar-refractivity contribution in [2.75, 3.05) is 32.8 Å². The summed E-state index contributed by atoms with van der Waals surface area (Å²) in [5, 5.41) is 9.27. The number of aliphatic hydroxyl groups excluding tert-OH is 1. The zero-order valence-electron chi connectivity index (χ0n) is 19.9. The monoisotopic (exact) mass is 413 g/mol. The third-order valence-corrected chi connectivity index (χ3v) is 5.68. The van der Waals surface area contributed by atoms with Gasteiger partial charge in [0.25, 0.3) is 0 Å². The number of esters is 1. The Morgan fingerprint density at radius 1 is 0.793 bits per heavy atom. The number of nitrogens with zero attached hydrogens (tertiary/aromatic N) is 1. The summed E-state index contributed by atoms with van der Waals surface area (Å²) in [6.45, 7) is 10.5. The number of carbonyl (C=O) groups is 1. The van der Waals surface area contributed by atoms with Gasteiger partial charge in [-0.15, -0.1) is 0 Å². The molecule has 0 rings (SSSR count). The van der Waals surface area contributed by atoms with E-state index in [0.29, 0.717) is 18.9 Å². The summed E-state index contributed by atoms with van der Waals surface area (Å²) in [4.78, 5) is 14.2. The van der Waals surface area contributed by atoms with Crippen LogP contribution in [0.1, 0.15) is 117 Å². The van der Waals surface area contributed by atoms with Crippen LogP contribution in [0.4, 0.5) is 0 Å². The van der Waals surface area contributed by atoms with Crippen LogP contribution < -0.4 is 0 Å². The van der Waals surface area contributed by atoms with Crippen molar-refractivity contribution in [2.24, 2.45) is 5.92 Å². The fourth-order valence-electron chi connectivity index (χ4n) is 3.67. The largest absolute Gasteiger partial charge is 0.465 e. The molecule has 0 amide bonds. The highest BCUT2D eigenvalue weighted by atomic mass is 16.5. The van der Waals surface area contributed by atoms with E-state index < -0.39 is 0 Å². The second-order valence-electron chi connectivity index (χ2n) is 8.78. The molecule has 1 unspecified atom stereocenters. The first-order chi connectivity index (χ1) is 14.1. The average Bonchev–Trinajstić information content (AvgIpc) is 2.72. The van der Waals surface area contributed by atoms with Crippen LogP contribution in [0.5, 0.6) is 0 Å². The van der Waals surface area contributed by atoms with Gasteiger partial charge in [-0.1, -0.05) is 85.0 Å². The van der Waals surface area contributed by atoms with Crippen LogP contribution >= 0.6 is 0 Å². The van der Waals surface area contributed by atoms with Crippen molar-refractivity contribution in [2.45, 2.75) is 117 Å². The van der Waals surface area contributed by atoms with Gasteiger partial charge >= 0.3 is 5.97 Å². The van der Waals surface area contributed by atoms with Crippen LogP contribution in [0, 0.1) is 5.92 Å². The van der Waals surface area contributed by atoms with Crippen molar-refractivity contribution in [1.29, 1.82) is 0 Å². The molecule has 0 heterocycles. The van der Waals surface area contributed by atoms with Gasteiger partial charge < -0.3 is 14.7 Å². The molecule has 29 heavy (non-hydrogen) atoms. The van der Waals surface area contributed by atoms with Gasteiger partial charge in [0, 0.05) is 13.0 Å². The molecule has 0 aromatic heterocycles. The standard InChI is InChI=1S/C25H51NO3/c1-4-6-8-9-12-15-19-26(21-22-27)20-16-13-10-11-14-18-25(28)29-23-24(3)17-7-5-2/h24,27H,4-23H2,1-3H3. The SMILES string of the molecule is CCCCCCCCN(CCO)CCCCCCCC(=O)OCC(C)CCCC. The lowest BCUT2D eigenvalue weighted by molar-refractivity contribution is -0.145. The maximum Gasteiger partial charge on any atom is 0.305 e. The molecular formula is C25H51NO3. The van der Waals surface area contributed by atoms with Gasteiger partial charge in [-0.05, 0) is 44.7 Å². The Morgan fingerprint density at radius 2 is 1.34 bits per heavy atom. The zero-order chi connectivity index (χ0) is 21.6. The normalized spacial score (nSPS) is 12.4. The van der Waals surface area contributed by atoms with Crippen molar-refractivity contribution < 1.29 is 14.6 Å². The number of hydrogen-bond donors (Lipinski definition) is 1. The summed E-state index contributed by atoms with van der Waals surface area (Å²) in [5.74, 6) is 0.457. The third kappa shape index (κ3) is 20.4. The van der Waals surface area contributed by atoms with E-state index >= 15 is 0 Å². The number of unbranched alkanes of at least 4 members (excludes halogenated alkanes) is 10. The van der Waals surface area contributed by atoms with E-state index in [1.165, 1.54) is 70.6 Å². The average molecular weight is 414 g/mol. The summed E-state index contributed by atoms with van der Waals surface area (Å²) in [7, 11) is 0. The van der Waals surface area contributed by atoms with Crippen molar-refractivity contribution in [3.63, 3.8) is 0 Å². The Morgan fingerprint density at radius 3 is 1.93 bits per heavy atom. The maximum absolute atomic E-state index is 11.8.